The number of ether oxygens (including phenoxy) is 1. The molecule has 1 fully saturated rings. The first kappa shape index (κ1) is 22.2. The number of nitrogens with zero attached hydrogens (tertiary/aromatic N) is 2. The minimum absolute atomic E-state index is 0.196. The number of anilines is 1. The van der Waals surface area contributed by atoms with Crippen molar-refractivity contribution in [2.45, 2.75) is 19.4 Å². The van der Waals surface area contributed by atoms with E-state index in [1.165, 1.54) is 12.1 Å². The molecule has 1 saturated heterocycles. The molecule has 27 heavy (non-hydrogen) atoms. The van der Waals surface area contributed by atoms with Crippen molar-refractivity contribution in [2.24, 2.45) is 0 Å². The van der Waals surface area contributed by atoms with E-state index in [4.69, 9.17) is 27.9 Å². The zero-order chi connectivity index (χ0) is 20.0. The SMILES string of the molecule is CC[C@@H](C(=O)NCCN1CCOCC1)N(c1cc(Cl)ccc1Cl)S(C)(=O)=O. The second-order valence-corrected chi connectivity index (χ2v) is 9.03. The number of rotatable bonds is 8. The molecule has 0 radical (unpaired) electrons. The van der Waals surface area contributed by atoms with Crippen molar-refractivity contribution in [3.63, 3.8) is 0 Å². The smallest absolute Gasteiger partial charge is 0.243 e. The molecule has 0 spiro atoms. The van der Waals surface area contributed by atoms with Gasteiger partial charge in [-0.3, -0.25) is 14.0 Å². The molecule has 1 N–H and O–H groups in total. The Kier molecular flexibility index (Phi) is 8.18. The van der Waals surface area contributed by atoms with Crippen LogP contribution in [0.15, 0.2) is 18.2 Å². The molecule has 0 bridgehead atoms. The van der Waals surface area contributed by atoms with Crippen LogP contribution in [0.5, 0.6) is 0 Å². The molecule has 152 valence electrons. The predicted octanol–water partition coefficient (Wildman–Crippen LogP) is 1.99. The highest BCUT2D eigenvalue weighted by Gasteiger charge is 2.32. The molecule has 0 aromatic heterocycles. The van der Waals surface area contributed by atoms with Gasteiger partial charge in [0.1, 0.15) is 6.04 Å². The number of hydrogen-bond acceptors (Lipinski definition) is 5. The van der Waals surface area contributed by atoms with Gasteiger partial charge in [-0.1, -0.05) is 30.1 Å². The third-order valence-corrected chi connectivity index (χ3v) is 6.03. The zero-order valence-electron chi connectivity index (χ0n) is 15.5. The maximum atomic E-state index is 12.7. The summed E-state index contributed by atoms with van der Waals surface area (Å²) in [5.74, 6) is -0.368. The molecule has 1 atom stereocenters. The van der Waals surface area contributed by atoms with Crippen LogP contribution in [-0.2, 0) is 19.6 Å². The normalized spacial score (nSPS) is 16.7. The van der Waals surface area contributed by atoms with Crippen LogP contribution < -0.4 is 9.62 Å². The molecule has 1 aliphatic rings. The van der Waals surface area contributed by atoms with E-state index in [-0.39, 0.29) is 16.6 Å². The summed E-state index contributed by atoms with van der Waals surface area (Å²) < 4.78 is 31.2. The quantitative estimate of drug-likeness (QED) is 0.672. The third kappa shape index (κ3) is 6.22. The van der Waals surface area contributed by atoms with Crippen molar-refractivity contribution in [1.82, 2.24) is 10.2 Å². The van der Waals surface area contributed by atoms with Crippen LogP contribution in [0.4, 0.5) is 5.69 Å². The van der Waals surface area contributed by atoms with Gasteiger partial charge in [0.25, 0.3) is 0 Å². The summed E-state index contributed by atoms with van der Waals surface area (Å²) in [5.41, 5.74) is 0.196. The number of carbonyl (C=O) groups is 1. The molecule has 7 nitrogen and oxygen atoms in total. The third-order valence-electron chi connectivity index (χ3n) is 4.31. The first-order chi connectivity index (χ1) is 12.7. The van der Waals surface area contributed by atoms with Gasteiger partial charge >= 0.3 is 0 Å². The van der Waals surface area contributed by atoms with E-state index in [9.17, 15) is 13.2 Å². The summed E-state index contributed by atoms with van der Waals surface area (Å²) in [6.07, 6.45) is 1.34. The van der Waals surface area contributed by atoms with Crippen LogP contribution in [0.3, 0.4) is 0 Å². The summed E-state index contributed by atoms with van der Waals surface area (Å²) in [6.45, 7) is 5.87. The van der Waals surface area contributed by atoms with Gasteiger partial charge in [-0.25, -0.2) is 8.42 Å². The van der Waals surface area contributed by atoms with Crippen LogP contribution in [0.2, 0.25) is 10.0 Å². The fourth-order valence-electron chi connectivity index (χ4n) is 2.97. The fraction of sp³-hybridized carbons (Fsp3) is 0.588. The van der Waals surface area contributed by atoms with E-state index < -0.39 is 16.1 Å². The molecule has 1 amide bonds. The van der Waals surface area contributed by atoms with Crippen LogP contribution in [0.1, 0.15) is 13.3 Å². The number of morpholine rings is 1. The van der Waals surface area contributed by atoms with Gasteiger partial charge in [0.2, 0.25) is 15.9 Å². The van der Waals surface area contributed by atoms with E-state index in [0.29, 0.717) is 37.7 Å². The van der Waals surface area contributed by atoms with Gasteiger partial charge < -0.3 is 10.1 Å². The van der Waals surface area contributed by atoms with Crippen molar-refractivity contribution >= 4 is 44.8 Å². The first-order valence-electron chi connectivity index (χ1n) is 8.76. The average Bonchev–Trinajstić information content (AvgIpc) is 2.61. The number of hydrogen-bond donors (Lipinski definition) is 1. The zero-order valence-corrected chi connectivity index (χ0v) is 17.8. The van der Waals surface area contributed by atoms with Gasteiger partial charge in [-0.15, -0.1) is 0 Å². The summed E-state index contributed by atoms with van der Waals surface area (Å²) in [5, 5.41) is 3.38. The van der Waals surface area contributed by atoms with Gasteiger partial charge in [0, 0.05) is 31.2 Å². The number of nitrogens with one attached hydrogen (secondary N) is 1. The minimum Gasteiger partial charge on any atom is -0.379 e. The van der Waals surface area contributed by atoms with Crippen molar-refractivity contribution in [3.8, 4) is 0 Å². The summed E-state index contributed by atoms with van der Waals surface area (Å²) >= 11 is 12.2. The lowest BCUT2D eigenvalue weighted by molar-refractivity contribution is -0.122. The molecule has 0 saturated carbocycles. The number of amides is 1. The van der Waals surface area contributed by atoms with Crippen LogP contribution >= 0.6 is 23.2 Å². The topological polar surface area (TPSA) is 79.0 Å². The molecule has 0 aliphatic carbocycles. The lowest BCUT2D eigenvalue weighted by Gasteiger charge is -2.31. The fourth-order valence-corrected chi connectivity index (χ4v) is 4.61. The minimum atomic E-state index is -3.76. The standard InChI is InChI=1S/C17H25Cl2N3O4S/c1-3-15(17(23)20-6-7-21-8-10-26-11-9-21)22(27(2,24)25)16-12-13(18)4-5-14(16)19/h4-5,12,15H,3,6-11H2,1-2H3,(H,20,23)/t15-/m0/s1. The lowest BCUT2D eigenvalue weighted by Crippen LogP contribution is -2.51. The van der Waals surface area contributed by atoms with E-state index >= 15 is 0 Å². The largest absolute Gasteiger partial charge is 0.379 e. The van der Waals surface area contributed by atoms with Gasteiger partial charge in [-0.05, 0) is 24.6 Å². The molecule has 1 aliphatic heterocycles. The number of halogens is 2. The van der Waals surface area contributed by atoms with Gasteiger partial charge in [0.15, 0.2) is 0 Å². The highest BCUT2D eigenvalue weighted by atomic mass is 35.5. The first-order valence-corrected chi connectivity index (χ1v) is 11.4. The molecule has 1 aromatic carbocycles. The molecular weight excluding hydrogens is 413 g/mol. The highest BCUT2D eigenvalue weighted by Crippen LogP contribution is 2.32. The maximum Gasteiger partial charge on any atom is 0.243 e. The average molecular weight is 438 g/mol. The van der Waals surface area contributed by atoms with Crippen molar-refractivity contribution in [2.75, 3.05) is 50.0 Å². The van der Waals surface area contributed by atoms with Crippen LogP contribution in [0.25, 0.3) is 0 Å². The Hall–Kier alpha value is -1.06. The lowest BCUT2D eigenvalue weighted by atomic mass is 10.2. The molecule has 1 heterocycles. The second-order valence-electron chi connectivity index (χ2n) is 6.32. The summed E-state index contributed by atoms with van der Waals surface area (Å²) in [6, 6.07) is 3.62. The van der Waals surface area contributed by atoms with Gasteiger partial charge in [0.05, 0.1) is 30.2 Å². The monoisotopic (exact) mass is 437 g/mol. The van der Waals surface area contributed by atoms with Crippen molar-refractivity contribution in [1.29, 1.82) is 0 Å². The maximum absolute atomic E-state index is 12.7. The Morgan fingerprint density at radius 2 is 2.00 bits per heavy atom. The Labute approximate surface area is 170 Å². The van der Waals surface area contributed by atoms with E-state index in [1.807, 2.05) is 0 Å². The van der Waals surface area contributed by atoms with Crippen molar-refractivity contribution in [3.05, 3.63) is 28.2 Å². The Balaban J connectivity index is 2.14. The van der Waals surface area contributed by atoms with Crippen molar-refractivity contribution < 1.29 is 17.9 Å². The summed E-state index contributed by atoms with van der Waals surface area (Å²) in [4.78, 5) is 14.9. The Morgan fingerprint density at radius 3 is 2.59 bits per heavy atom. The number of carbonyl (C=O) groups excluding carboxylic acids is 1. The molecular formula is C17H25Cl2N3O4S. The van der Waals surface area contributed by atoms with Crippen LogP contribution in [0, 0.1) is 0 Å². The summed E-state index contributed by atoms with van der Waals surface area (Å²) in [7, 11) is -3.76. The molecule has 2 rings (SSSR count). The Morgan fingerprint density at radius 1 is 1.33 bits per heavy atom. The molecule has 10 heteroatoms. The van der Waals surface area contributed by atoms with E-state index in [2.05, 4.69) is 10.2 Å². The highest BCUT2D eigenvalue weighted by molar-refractivity contribution is 7.92. The van der Waals surface area contributed by atoms with Gasteiger partial charge in [-0.2, -0.15) is 0 Å². The van der Waals surface area contributed by atoms with E-state index in [1.54, 1.807) is 13.0 Å². The Bertz CT molecular complexity index is 755. The molecule has 1 aromatic rings. The second kappa shape index (κ2) is 9.93. The number of benzene rings is 1. The van der Waals surface area contributed by atoms with Crippen LogP contribution in [-0.4, -0.2) is 70.9 Å². The van der Waals surface area contributed by atoms with E-state index in [0.717, 1.165) is 23.7 Å². The molecule has 0 unspecified atom stereocenters. The predicted molar refractivity (Wildman–Crippen MR) is 108 cm³/mol. The number of sulfonamides is 1.